The standard InChI is InChI=1S/C8H18O2.Cu/c1-6(2)10-8(4)5-7(3)9;/h6-9H,5H2,1-4H3;/t7?,8-;/m0./s1. The summed E-state index contributed by atoms with van der Waals surface area (Å²) < 4.78 is 5.40. The summed E-state index contributed by atoms with van der Waals surface area (Å²) >= 11 is 0. The molecule has 0 aliphatic heterocycles. The van der Waals surface area contributed by atoms with Gasteiger partial charge in [-0.15, -0.1) is 0 Å². The van der Waals surface area contributed by atoms with Gasteiger partial charge in [0.15, 0.2) is 0 Å². The number of hydrogen-bond donors (Lipinski definition) is 1. The fraction of sp³-hybridized carbons (Fsp3) is 1.00. The smallest absolute Gasteiger partial charge is 0.0575 e. The fourth-order valence-electron chi connectivity index (χ4n) is 1.00. The van der Waals surface area contributed by atoms with E-state index in [2.05, 4.69) is 0 Å². The van der Waals surface area contributed by atoms with Gasteiger partial charge in [0.2, 0.25) is 0 Å². The molecule has 3 heteroatoms. The average molecular weight is 210 g/mol. The Balaban J connectivity index is 0. The molecule has 0 saturated carbocycles. The number of ether oxygens (including phenoxy) is 1. The summed E-state index contributed by atoms with van der Waals surface area (Å²) in [5.41, 5.74) is 0. The van der Waals surface area contributed by atoms with Gasteiger partial charge in [-0.1, -0.05) is 0 Å². The van der Waals surface area contributed by atoms with Crippen LogP contribution in [0.25, 0.3) is 0 Å². The Morgan fingerprint density at radius 3 is 1.91 bits per heavy atom. The maximum Gasteiger partial charge on any atom is 0.0575 e. The molecule has 0 saturated heterocycles. The van der Waals surface area contributed by atoms with Crippen molar-refractivity contribution in [1.29, 1.82) is 0 Å². The number of hydrogen-bond acceptors (Lipinski definition) is 2. The zero-order valence-electron chi connectivity index (χ0n) is 7.60. The second kappa shape index (κ2) is 7.11. The predicted octanol–water partition coefficient (Wildman–Crippen LogP) is 1.57. The molecule has 0 aliphatic rings. The van der Waals surface area contributed by atoms with E-state index in [1.54, 1.807) is 6.92 Å². The Labute approximate surface area is 79.8 Å². The van der Waals surface area contributed by atoms with Crippen LogP contribution in [0.15, 0.2) is 0 Å². The van der Waals surface area contributed by atoms with Gasteiger partial charge in [-0.05, 0) is 34.1 Å². The van der Waals surface area contributed by atoms with Crippen LogP contribution in [0.2, 0.25) is 0 Å². The Kier molecular flexibility index (Phi) is 9.04. The third-order valence-corrected chi connectivity index (χ3v) is 1.18. The van der Waals surface area contributed by atoms with Gasteiger partial charge in [-0.2, -0.15) is 0 Å². The fourth-order valence-corrected chi connectivity index (χ4v) is 1.00. The topological polar surface area (TPSA) is 29.5 Å². The molecule has 1 N–H and O–H groups in total. The van der Waals surface area contributed by atoms with Crippen molar-refractivity contribution in [3.8, 4) is 0 Å². The van der Waals surface area contributed by atoms with Gasteiger partial charge in [0.25, 0.3) is 0 Å². The molecule has 0 aliphatic carbocycles. The van der Waals surface area contributed by atoms with Crippen LogP contribution in [0.3, 0.4) is 0 Å². The van der Waals surface area contributed by atoms with Crippen molar-refractivity contribution in [3.63, 3.8) is 0 Å². The van der Waals surface area contributed by atoms with E-state index in [0.29, 0.717) is 0 Å². The van der Waals surface area contributed by atoms with Gasteiger partial charge < -0.3 is 9.84 Å². The van der Waals surface area contributed by atoms with Crippen LogP contribution >= 0.6 is 0 Å². The molecule has 0 rings (SSSR count). The molecule has 1 radical (unpaired) electrons. The SMILES string of the molecule is CC(O)C[C@H](C)OC(C)C.[Cu]. The first-order valence-electron chi connectivity index (χ1n) is 3.86. The van der Waals surface area contributed by atoms with Crippen molar-refractivity contribution in [2.45, 2.75) is 52.4 Å². The second-order valence-electron chi connectivity index (χ2n) is 3.08. The third kappa shape index (κ3) is 10.4. The number of aliphatic hydroxyl groups excluding tert-OH is 1. The maximum atomic E-state index is 8.96. The summed E-state index contributed by atoms with van der Waals surface area (Å²) in [6.07, 6.45) is 0.889. The van der Waals surface area contributed by atoms with E-state index in [9.17, 15) is 0 Å². The monoisotopic (exact) mass is 209 g/mol. The second-order valence-corrected chi connectivity index (χ2v) is 3.08. The van der Waals surface area contributed by atoms with E-state index in [0.717, 1.165) is 6.42 Å². The van der Waals surface area contributed by atoms with E-state index in [4.69, 9.17) is 9.84 Å². The largest absolute Gasteiger partial charge is 0.393 e. The van der Waals surface area contributed by atoms with Crippen molar-refractivity contribution in [2.75, 3.05) is 0 Å². The Morgan fingerprint density at radius 2 is 1.64 bits per heavy atom. The number of rotatable bonds is 4. The summed E-state index contributed by atoms with van der Waals surface area (Å²) in [4.78, 5) is 0. The van der Waals surface area contributed by atoms with Crippen molar-refractivity contribution >= 4 is 0 Å². The van der Waals surface area contributed by atoms with Crippen LogP contribution in [-0.4, -0.2) is 23.4 Å². The first-order chi connectivity index (χ1) is 4.52. The third-order valence-electron chi connectivity index (χ3n) is 1.18. The van der Waals surface area contributed by atoms with Gasteiger partial charge in [0.1, 0.15) is 0 Å². The molecule has 73 valence electrons. The molecule has 0 aromatic carbocycles. The van der Waals surface area contributed by atoms with E-state index in [1.807, 2.05) is 20.8 Å². The van der Waals surface area contributed by atoms with Crippen LogP contribution < -0.4 is 0 Å². The molecular weight excluding hydrogens is 192 g/mol. The van der Waals surface area contributed by atoms with Crippen molar-refractivity contribution in [3.05, 3.63) is 0 Å². The molecular formula is C8H18CuO2. The van der Waals surface area contributed by atoms with Crippen LogP contribution in [0.1, 0.15) is 34.1 Å². The van der Waals surface area contributed by atoms with Crippen molar-refractivity contribution < 1.29 is 26.9 Å². The molecule has 2 atom stereocenters. The Bertz CT molecular complexity index is 74.2. The molecule has 11 heavy (non-hydrogen) atoms. The zero-order chi connectivity index (χ0) is 8.15. The van der Waals surface area contributed by atoms with Gasteiger partial charge in [0, 0.05) is 17.1 Å². The quantitative estimate of drug-likeness (QED) is 0.713. The van der Waals surface area contributed by atoms with E-state index in [-0.39, 0.29) is 35.4 Å². The van der Waals surface area contributed by atoms with Crippen LogP contribution in [-0.2, 0) is 21.8 Å². The van der Waals surface area contributed by atoms with E-state index < -0.39 is 0 Å². The first kappa shape index (κ1) is 14.0. The predicted molar refractivity (Wildman–Crippen MR) is 42.0 cm³/mol. The molecule has 0 aromatic rings. The Hall–Kier alpha value is 0.439. The molecule has 0 aromatic heterocycles. The minimum atomic E-state index is -0.256. The summed E-state index contributed by atoms with van der Waals surface area (Å²) in [6.45, 7) is 7.75. The average Bonchev–Trinajstić information content (AvgIpc) is 1.58. The van der Waals surface area contributed by atoms with E-state index in [1.165, 1.54) is 0 Å². The first-order valence-corrected chi connectivity index (χ1v) is 3.86. The van der Waals surface area contributed by atoms with Gasteiger partial charge in [-0.3, -0.25) is 0 Å². The van der Waals surface area contributed by atoms with Gasteiger partial charge in [-0.25, -0.2) is 0 Å². The minimum Gasteiger partial charge on any atom is -0.393 e. The van der Waals surface area contributed by atoms with Crippen LogP contribution in [0.4, 0.5) is 0 Å². The summed E-state index contributed by atoms with van der Waals surface area (Å²) in [5.74, 6) is 0. The van der Waals surface area contributed by atoms with Crippen molar-refractivity contribution in [2.24, 2.45) is 0 Å². The molecule has 0 spiro atoms. The molecule has 0 heterocycles. The minimum absolute atomic E-state index is 0. The van der Waals surface area contributed by atoms with Gasteiger partial charge in [0.05, 0.1) is 18.3 Å². The summed E-state index contributed by atoms with van der Waals surface area (Å²) in [7, 11) is 0. The molecule has 2 nitrogen and oxygen atoms in total. The van der Waals surface area contributed by atoms with Crippen LogP contribution in [0.5, 0.6) is 0 Å². The van der Waals surface area contributed by atoms with E-state index >= 15 is 0 Å². The van der Waals surface area contributed by atoms with Gasteiger partial charge >= 0.3 is 0 Å². The molecule has 0 bridgehead atoms. The summed E-state index contributed by atoms with van der Waals surface area (Å²) in [5, 5.41) is 8.96. The van der Waals surface area contributed by atoms with Crippen LogP contribution in [0, 0.1) is 0 Å². The van der Waals surface area contributed by atoms with Crippen molar-refractivity contribution in [1.82, 2.24) is 0 Å². The molecule has 0 amide bonds. The summed E-state index contributed by atoms with van der Waals surface area (Å²) in [6, 6.07) is 0. The zero-order valence-corrected chi connectivity index (χ0v) is 8.54. The Morgan fingerprint density at radius 1 is 1.18 bits per heavy atom. The normalized spacial score (nSPS) is 15.8. The number of aliphatic hydroxyl groups is 1. The molecule has 1 unspecified atom stereocenters. The molecule has 0 fully saturated rings. The maximum absolute atomic E-state index is 8.96.